The molecule has 0 aliphatic rings. The minimum absolute atomic E-state index is 0.147. The number of fused-ring (bicyclic) bond motifs is 1. The Morgan fingerprint density at radius 1 is 1.17 bits per heavy atom. The maximum absolute atomic E-state index is 14.5. The number of aryl methyl sites for hydroxylation is 1. The Kier molecular flexibility index (Phi) is 11.5. The second-order valence-corrected chi connectivity index (χ2v) is 12.4. The summed E-state index contributed by atoms with van der Waals surface area (Å²) in [6.07, 6.45) is 5.69. The zero-order valence-corrected chi connectivity index (χ0v) is 27.9. The van der Waals surface area contributed by atoms with Gasteiger partial charge in [0.15, 0.2) is 17.4 Å². The van der Waals surface area contributed by atoms with Crippen molar-refractivity contribution in [3.63, 3.8) is 0 Å². The van der Waals surface area contributed by atoms with Gasteiger partial charge in [-0.25, -0.2) is 14.0 Å². The van der Waals surface area contributed by atoms with Crippen molar-refractivity contribution < 1.29 is 32.7 Å². The van der Waals surface area contributed by atoms with Crippen LogP contribution in [0.1, 0.15) is 39.0 Å². The molecular formula is C33H37FN6O6S. The Morgan fingerprint density at radius 3 is 2.60 bits per heavy atom. The lowest BCUT2D eigenvalue weighted by Gasteiger charge is -2.27. The quantitative estimate of drug-likeness (QED) is 0.116. The van der Waals surface area contributed by atoms with Crippen LogP contribution >= 0.6 is 11.3 Å². The highest BCUT2D eigenvalue weighted by molar-refractivity contribution is 7.22. The van der Waals surface area contributed by atoms with E-state index in [4.69, 9.17) is 18.7 Å². The molecule has 0 radical (unpaired) electrons. The van der Waals surface area contributed by atoms with Gasteiger partial charge in [0.2, 0.25) is 0 Å². The third-order valence-electron chi connectivity index (χ3n) is 6.20. The van der Waals surface area contributed by atoms with E-state index in [2.05, 4.69) is 32.3 Å². The fraction of sp³-hybridized carbons (Fsp3) is 0.303. The molecule has 0 aliphatic carbocycles. The molecule has 0 bridgehead atoms. The summed E-state index contributed by atoms with van der Waals surface area (Å²) in [5, 5.41) is 8.85. The number of amides is 3. The number of nitrogens with one attached hydrogen (secondary N) is 2. The number of halogens is 1. The number of thiophene rings is 1. The van der Waals surface area contributed by atoms with E-state index in [9.17, 15) is 14.0 Å². The summed E-state index contributed by atoms with van der Waals surface area (Å²) >= 11 is 1.38. The Hall–Kier alpha value is -5.08. The van der Waals surface area contributed by atoms with Gasteiger partial charge in [-0.15, -0.1) is 11.3 Å². The van der Waals surface area contributed by atoms with Crippen LogP contribution in [0.25, 0.3) is 20.8 Å². The number of methoxy groups -OCH3 is 1. The number of hydrogen-bond acceptors (Lipinski definition) is 10. The molecule has 0 atom stereocenters. The number of pyridine rings is 2. The lowest BCUT2D eigenvalue weighted by Crippen LogP contribution is -2.38. The summed E-state index contributed by atoms with van der Waals surface area (Å²) in [5.74, 6) is 0.231. The van der Waals surface area contributed by atoms with Crippen LogP contribution in [0.15, 0.2) is 83.3 Å². The summed E-state index contributed by atoms with van der Waals surface area (Å²) in [6, 6.07) is 8.28. The fourth-order valence-corrected chi connectivity index (χ4v) is 5.10. The van der Waals surface area contributed by atoms with Gasteiger partial charge < -0.3 is 29.0 Å². The van der Waals surface area contributed by atoms with Crippen molar-refractivity contribution in [1.29, 1.82) is 0 Å². The first-order chi connectivity index (χ1) is 22.3. The maximum atomic E-state index is 14.5. The highest BCUT2D eigenvalue weighted by atomic mass is 32.1. The SMILES string of the molecule is C=C(F)/C(=C\C=C(/C)NC(=O)Nc1cc(C)on1)Oc1ccnc2cc(-c3ccc(CN(CCOC)C(=O)OC(C)(C)C)cn3)sc12. The molecule has 0 unspecified atom stereocenters. The van der Waals surface area contributed by atoms with Crippen LogP contribution in [-0.4, -0.2) is 58.0 Å². The molecule has 0 saturated carbocycles. The number of urea groups is 1. The normalized spacial score (nSPS) is 12.1. The van der Waals surface area contributed by atoms with Crippen molar-refractivity contribution in [3.8, 4) is 16.3 Å². The first kappa shape index (κ1) is 34.8. The van der Waals surface area contributed by atoms with Gasteiger partial charge in [0.05, 0.1) is 33.9 Å². The van der Waals surface area contributed by atoms with Crippen molar-refractivity contribution in [3.05, 3.63) is 90.1 Å². The topological polar surface area (TPSA) is 141 Å². The molecule has 3 amide bonds. The van der Waals surface area contributed by atoms with Crippen LogP contribution in [-0.2, 0) is 16.0 Å². The number of carbonyl (C=O) groups excluding carboxylic acids is 2. The van der Waals surface area contributed by atoms with Gasteiger partial charge in [-0.05, 0) is 64.5 Å². The predicted molar refractivity (Wildman–Crippen MR) is 177 cm³/mol. The van der Waals surface area contributed by atoms with E-state index in [1.165, 1.54) is 23.5 Å². The molecule has 47 heavy (non-hydrogen) atoms. The van der Waals surface area contributed by atoms with Gasteiger partial charge in [0.25, 0.3) is 0 Å². The van der Waals surface area contributed by atoms with Crippen LogP contribution in [0.2, 0.25) is 0 Å². The highest BCUT2D eigenvalue weighted by Gasteiger charge is 2.22. The Labute approximate surface area is 275 Å². The minimum Gasteiger partial charge on any atom is -0.453 e. The number of allylic oxidation sites excluding steroid dienone is 4. The molecule has 0 aliphatic heterocycles. The molecule has 14 heteroatoms. The first-order valence-corrected chi connectivity index (χ1v) is 15.4. The zero-order chi connectivity index (χ0) is 34.1. The smallest absolute Gasteiger partial charge is 0.410 e. The number of aromatic nitrogens is 3. The van der Waals surface area contributed by atoms with Crippen molar-refractivity contribution in [2.75, 3.05) is 25.6 Å². The predicted octanol–water partition coefficient (Wildman–Crippen LogP) is 7.51. The minimum atomic E-state index is -0.804. The molecule has 4 aromatic rings. The van der Waals surface area contributed by atoms with Gasteiger partial charge >= 0.3 is 12.1 Å². The number of carbonyl (C=O) groups is 2. The molecule has 0 aromatic carbocycles. The first-order valence-electron chi connectivity index (χ1n) is 14.5. The second kappa shape index (κ2) is 15.5. The van der Waals surface area contributed by atoms with E-state index in [1.54, 1.807) is 50.4 Å². The third-order valence-corrected chi connectivity index (χ3v) is 7.36. The molecule has 0 fully saturated rings. The van der Waals surface area contributed by atoms with Crippen LogP contribution < -0.4 is 15.4 Å². The van der Waals surface area contributed by atoms with Crippen molar-refractivity contribution in [2.24, 2.45) is 0 Å². The van der Waals surface area contributed by atoms with E-state index in [-0.39, 0.29) is 11.6 Å². The molecule has 0 spiro atoms. The summed E-state index contributed by atoms with van der Waals surface area (Å²) in [4.78, 5) is 36.4. The Bertz CT molecular complexity index is 1790. The van der Waals surface area contributed by atoms with Crippen molar-refractivity contribution in [2.45, 2.75) is 46.8 Å². The number of anilines is 1. The summed E-state index contributed by atoms with van der Waals surface area (Å²) in [6.45, 7) is 13.2. The van der Waals surface area contributed by atoms with E-state index >= 15 is 0 Å². The number of nitrogens with zero attached hydrogens (tertiary/aromatic N) is 4. The van der Waals surface area contributed by atoms with Gasteiger partial charge in [0.1, 0.15) is 17.1 Å². The van der Waals surface area contributed by atoms with Crippen molar-refractivity contribution >= 4 is 39.5 Å². The summed E-state index contributed by atoms with van der Waals surface area (Å²) < 4.78 is 36.7. The number of rotatable bonds is 12. The molecule has 4 rings (SSSR count). The molecule has 248 valence electrons. The van der Waals surface area contributed by atoms with Gasteiger partial charge in [-0.1, -0.05) is 17.8 Å². The maximum Gasteiger partial charge on any atom is 0.410 e. The van der Waals surface area contributed by atoms with Gasteiger partial charge in [-0.3, -0.25) is 15.3 Å². The van der Waals surface area contributed by atoms with Crippen LogP contribution in [0.5, 0.6) is 5.75 Å². The Balaban J connectivity index is 1.48. The highest BCUT2D eigenvalue weighted by Crippen LogP contribution is 2.38. The van der Waals surface area contributed by atoms with Gasteiger partial charge in [0, 0.05) is 43.9 Å². The monoisotopic (exact) mass is 664 g/mol. The average Bonchev–Trinajstić information content (AvgIpc) is 3.62. The molecule has 2 N–H and O–H groups in total. The summed E-state index contributed by atoms with van der Waals surface area (Å²) in [7, 11) is 1.58. The average molecular weight is 665 g/mol. The standard InChI is InChI=1S/C33H37FN6O6S/c1-20(37-31(41)38-29-16-21(2)46-39-29)8-11-26(22(3)34)44-27-12-13-35-25-17-28(47-30(25)27)24-10-9-23(18-36-24)19-40(14-15-43-7)32(42)45-33(4,5)6/h8-13,16-18H,3,14-15,19H2,1-2,4-7H3,(H2,37,38,39,41)/b20-8+,26-11+. The second-order valence-electron chi connectivity index (χ2n) is 11.4. The fourth-order valence-electron chi connectivity index (χ4n) is 4.06. The third kappa shape index (κ3) is 10.2. The number of ether oxygens (including phenoxy) is 3. The van der Waals surface area contributed by atoms with Crippen LogP contribution in [0.3, 0.4) is 0 Å². The molecule has 4 aromatic heterocycles. The lowest BCUT2D eigenvalue weighted by molar-refractivity contribution is 0.0183. The van der Waals surface area contributed by atoms with Gasteiger partial charge in [-0.2, -0.15) is 0 Å². The summed E-state index contributed by atoms with van der Waals surface area (Å²) in [5.41, 5.74) is 1.93. The largest absolute Gasteiger partial charge is 0.453 e. The van der Waals surface area contributed by atoms with Crippen molar-refractivity contribution in [1.82, 2.24) is 25.3 Å². The van der Waals surface area contributed by atoms with E-state index in [1.807, 2.05) is 39.0 Å². The number of hydrogen-bond donors (Lipinski definition) is 2. The van der Waals surface area contributed by atoms with E-state index in [0.29, 0.717) is 52.8 Å². The lowest BCUT2D eigenvalue weighted by atomic mass is 10.2. The van der Waals surface area contributed by atoms with Crippen LogP contribution in [0.4, 0.5) is 19.8 Å². The van der Waals surface area contributed by atoms with E-state index in [0.717, 1.165) is 10.4 Å². The molecule has 4 heterocycles. The van der Waals surface area contributed by atoms with E-state index < -0.39 is 23.6 Å². The Morgan fingerprint density at radius 2 is 1.96 bits per heavy atom. The zero-order valence-electron chi connectivity index (χ0n) is 27.0. The molecule has 12 nitrogen and oxygen atoms in total. The molecular weight excluding hydrogens is 627 g/mol. The van der Waals surface area contributed by atoms with Crippen LogP contribution in [0, 0.1) is 6.92 Å². The molecule has 0 saturated heterocycles.